The molecule has 0 aliphatic heterocycles. The van der Waals surface area contributed by atoms with Gasteiger partial charge < -0.3 is 4.98 Å². The first-order valence-electron chi connectivity index (χ1n) is 5.15. The summed E-state index contributed by atoms with van der Waals surface area (Å²) in [7, 11) is 0. The van der Waals surface area contributed by atoms with E-state index < -0.39 is 0 Å². The van der Waals surface area contributed by atoms with Crippen LogP contribution in [-0.2, 0) is 0 Å². The van der Waals surface area contributed by atoms with E-state index in [0.717, 1.165) is 5.69 Å². The van der Waals surface area contributed by atoms with Gasteiger partial charge in [0.15, 0.2) is 5.82 Å². The minimum atomic E-state index is -0.197. The summed E-state index contributed by atoms with van der Waals surface area (Å²) in [5.41, 5.74) is 1.13. The van der Waals surface area contributed by atoms with Crippen LogP contribution in [0.2, 0.25) is 0 Å². The summed E-state index contributed by atoms with van der Waals surface area (Å²) in [5.74, 6) is 0.622. The van der Waals surface area contributed by atoms with Crippen molar-refractivity contribution in [2.24, 2.45) is 0 Å². The van der Waals surface area contributed by atoms with E-state index in [4.69, 9.17) is 0 Å². The molecule has 0 saturated heterocycles. The number of nitrogens with zero attached hydrogens (tertiary/aromatic N) is 3. The maximum atomic E-state index is 11.8. The molecule has 17 heavy (non-hydrogen) atoms. The average molecular weight is 295 g/mol. The first-order valence-corrected chi connectivity index (χ1v) is 5.95. The zero-order valence-corrected chi connectivity index (χ0v) is 11.0. The minimum Gasteiger partial charge on any atom is -0.304 e. The Bertz CT molecular complexity index is 580. The Kier molecular flexibility index (Phi) is 3.33. The van der Waals surface area contributed by atoms with Crippen LogP contribution < -0.4 is 5.56 Å². The molecule has 0 aromatic carbocycles. The maximum Gasteiger partial charge on any atom is 0.265 e. The molecule has 1 N–H and O–H groups in total. The first-order chi connectivity index (χ1) is 8.09. The van der Waals surface area contributed by atoms with E-state index in [9.17, 15) is 4.79 Å². The molecule has 0 unspecified atom stereocenters. The lowest BCUT2D eigenvalue weighted by Gasteiger charge is -2.08. The fourth-order valence-electron chi connectivity index (χ4n) is 1.41. The van der Waals surface area contributed by atoms with Crippen molar-refractivity contribution in [1.82, 2.24) is 19.9 Å². The molecule has 0 saturated carbocycles. The Balaban J connectivity index is 2.62. The van der Waals surface area contributed by atoms with Gasteiger partial charge in [-0.3, -0.25) is 4.79 Å². The molecule has 0 atom stereocenters. The van der Waals surface area contributed by atoms with Crippen LogP contribution in [0.25, 0.3) is 11.5 Å². The van der Waals surface area contributed by atoms with E-state index >= 15 is 0 Å². The third-order valence-electron chi connectivity index (χ3n) is 2.26. The van der Waals surface area contributed by atoms with E-state index in [2.05, 4.69) is 35.9 Å². The van der Waals surface area contributed by atoms with Gasteiger partial charge in [-0.1, -0.05) is 13.8 Å². The predicted molar refractivity (Wildman–Crippen MR) is 67.7 cm³/mol. The molecule has 0 aliphatic rings. The monoisotopic (exact) mass is 294 g/mol. The van der Waals surface area contributed by atoms with E-state index in [1.807, 2.05) is 13.8 Å². The fourth-order valence-corrected chi connectivity index (χ4v) is 2.06. The van der Waals surface area contributed by atoms with Crippen molar-refractivity contribution >= 4 is 15.9 Å². The lowest BCUT2D eigenvalue weighted by Crippen LogP contribution is -2.14. The second-order valence-electron chi connectivity index (χ2n) is 3.86. The summed E-state index contributed by atoms with van der Waals surface area (Å²) >= 11 is 3.25. The van der Waals surface area contributed by atoms with Crippen molar-refractivity contribution in [1.29, 1.82) is 0 Å². The summed E-state index contributed by atoms with van der Waals surface area (Å²) in [4.78, 5) is 26.7. The number of aromatic amines is 1. The Labute approximate surface area is 106 Å². The van der Waals surface area contributed by atoms with Crippen molar-refractivity contribution in [2.75, 3.05) is 0 Å². The summed E-state index contributed by atoms with van der Waals surface area (Å²) in [5, 5.41) is 0. The molecule has 88 valence electrons. The van der Waals surface area contributed by atoms with Gasteiger partial charge in [0.2, 0.25) is 0 Å². The third-order valence-corrected chi connectivity index (χ3v) is 3.03. The highest BCUT2D eigenvalue weighted by Crippen LogP contribution is 2.21. The second-order valence-corrected chi connectivity index (χ2v) is 4.66. The number of nitrogens with one attached hydrogen (secondary N) is 1. The van der Waals surface area contributed by atoms with Crippen LogP contribution in [0.4, 0.5) is 0 Å². The van der Waals surface area contributed by atoms with E-state index in [0.29, 0.717) is 16.0 Å². The normalized spacial score (nSPS) is 10.8. The Hall–Kier alpha value is -1.56. The summed E-state index contributed by atoms with van der Waals surface area (Å²) in [6, 6.07) is 1.70. The number of hydrogen-bond acceptors (Lipinski definition) is 4. The molecule has 5 nitrogen and oxygen atoms in total. The Morgan fingerprint density at radius 3 is 2.76 bits per heavy atom. The van der Waals surface area contributed by atoms with Crippen molar-refractivity contribution in [3.63, 3.8) is 0 Å². The Morgan fingerprint density at radius 2 is 2.18 bits per heavy atom. The van der Waals surface area contributed by atoms with Gasteiger partial charge >= 0.3 is 0 Å². The fraction of sp³-hybridized carbons (Fsp3) is 0.273. The SMILES string of the molecule is CC(C)c1nc(-c2ccncn2)[nH]c(=O)c1Br. The lowest BCUT2D eigenvalue weighted by atomic mass is 10.1. The van der Waals surface area contributed by atoms with Crippen LogP contribution in [-0.4, -0.2) is 19.9 Å². The van der Waals surface area contributed by atoms with Gasteiger partial charge in [-0.25, -0.2) is 15.0 Å². The predicted octanol–water partition coefficient (Wildman–Crippen LogP) is 2.11. The van der Waals surface area contributed by atoms with Crippen LogP contribution in [0, 0.1) is 0 Å². The van der Waals surface area contributed by atoms with Crippen molar-refractivity contribution in [3.05, 3.63) is 39.1 Å². The largest absolute Gasteiger partial charge is 0.304 e. The van der Waals surface area contributed by atoms with E-state index in [1.165, 1.54) is 6.33 Å². The molecule has 0 aliphatic carbocycles. The molecule has 0 radical (unpaired) electrons. The van der Waals surface area contributed by atoms with E-state index in [-0.39, 0.29) is 11.5 Å². The van der Waals surface area contributed by atoms with Crippen LogP contribution in [0.3, 0.4) is 0 Å². The molecule has 6 heteroatoms. The standard InChI is InChI=1S/C11H11BrN4O/c1-6(2)9-8(12)11(17)16-10(15-9)7-3-4-13-5-14-7/h3-6H,1-2H3,(H,15,16,17). The van der Waals surface area contributed by atoms with Gasteiger partial charge in [0.25, 0.3) is 5.56 Å². The molecule has 2 rings (SSSR count). The van der Waals surface area contributed by atoms with Gasteiger partial charge in [0.1, 0.15) is 16.5 Å². The van der Waals surface area contributed by atoms with Crippen LogP contribution >= 0.6 is 15.9 Å². The summed E-state index contributed by atoms with van der Waals surface area (Å²) in [6.45, 7) is 3.96. The molecule has 2 aromatic heterocycles. The second kappa shape index (κ2) is 4.75. The number of aromatic nitrogens is 4. The van der Waals surface area contributed by atoms with Crippen molar-refractivity contribution < 1.29 is 0 Å². The number of rotatable bonds is 2. The summed E-state index contributed by atoms with van der Waals surface area (Å²) < 4.78 is 0.477. The van der Waals surface area contributed by atoms with Gasteiger partial charge in [0, 0.05) is 6.20 Å². The smallest absolute Gasteiger partial charge is 0.265 e. The van der Waals surface area contributed by atoms with Crippen LogP contribution in [0.1, 0.15) is 25.5 Å². The highest BCUT2D eigenvalue weighted by molar-refractivity contribution is 9.10. The highest BCUT2D eigenvalue weighted by atomic mass is 79.9. The van der Waals surface area contributed by atoms with Crippen molar-refractivity contribution in [2.45, 2.75) is 19.8 Å². The lowest BCUT2D eigenvalue weighted by molar-refractivity contribution is 0.802. The van der Waals surface area contributed by atoms with Crippen LogP contribution in [0.5, 0.6) is 0 Å². The van der Waals surface area contributed by atoms with Crippen LogP contribution in [0.15, 0.2) is 27.9 Å². The summed E-state index contributed by atoms with van der Waals surface area (Å²) in [6.07, 6.45) is 3.03. The topological polar surface area (TPSA) is 71.5 Å². The molecule has 0 fully saturated rings. The number of hydrogen-bond donors (Lipinski definition) is 1. The molecular weight excluding hydrogens is 284 g/mol. The van der Waals surface area contributed by atoms with Gasteiger partial charge in [-0.05, 0) is 27.9 Å². The molecule has 2 aromatic rings. The highest BCUT2D eigenvalue weighted by Gasteiger charge is 2.13. The molecule has 0 spiro atoms. The maximum absolute atomic E-state index is 11.8. The van der Waals surface area contributed by atoms with E-state index in [1.54, 1.807) is 12.3 Å². The molecular formula is C11H11BrN4O. The third kappa shape index (κ3) is 2.41. The first kappa shape index (κ1) is 11.9. The molecule has 0 bridgehead atoms. The van der Waals surface area contributed by atoms with Gasteiger partial charge in [-0.15, -0.1) is 0 Å². The average Bonchev–Trinajstić information content (AvgIpc) is 2.33. The quantitative estimate of drug-likeness (QED) is 0.921. The zero-order valence-electron chi connectivity index (χ0n) is 9.44. The van der Waals surface area contributed by atoms with Gasteiger partial charge in [0.05, 0.1) is 5.69 Å². The Morgan fingerprint density at radius 1 is 1.41 bits per heavy atom. The minimum absolute atomic E-state index is 0.160. The van der Waals surface area contributed by atoms with Crippen molar-refractivity contribution in [3.8, 4) is 11.5 Å². The van der Waals surface area contributed by atoms with Gasteiger partial charge in [-0.2, -0.15) is 0 Å². The number of H-pyrrole nitrogens is 1. The number of halogens is 1. The molecule has 2 heterocycles. The zero-order chi connectivity index (χ0) is 12.4. The molecule has 0 amide bonds.